The van der Waals surface area contributed by atoms with Crippen molar-refractivity contribution in [3.05, 3.63) is 46.7 Å². The maximum atomic E-state index is 13.6. The molecule has 0 bridgehead atoms. The Balaban J connectivity index is 1.19. The van der Waals surface area contributed by atoms with Gasteiger partial charge in [0, 0.05) is 64.8 Å². The predicted octanol–water partition coefficient (Wildman–Crippen LogP) is 4.17. The third kappa shape index (κ3) is 5.06. The molecule has 7 rings (SSSR count). The SMILES string of the molecule is Cc1nc2nn(C3CC3)c(N(C)c3nc(-c4ccc(F)cc4)c(C#N)s3)c2cc1N1CCN(C(=O)C2(O)CCOCC2)CC1. The fourth-order valence-electron chi connectivity index (χ4n) is 6.11. The van der Waals surface area contributed by atoms with Gasteiger partial charge in [-0.25, -0.2) is 19.0 Å². The number of ether oxygens (including phenoxy) is 1. The maximum absolute atomic E-state index is 13.6. The molecule has 3 fully saturated rings. The number of rotatable bonds is 6. The second-order valence-corrected chi connectivity index (χ2v) is 12.7. The predicted molar refractivity (Wildman–Crippen MR) is 165 cm³/mol. The van der Waals surface area contributed by atoms with Gasteiger partial charge in [0.15, 0.2) is 10.8 Å². The number of thiazole rings is 1. The summed E-state index contributed by atoms with van der Waals surface area (Å²) in [5, 5.41) is 27.2. The van der Waals surface area contributed by atoms with E-state index in [9.17, 15) is 19.6 Å². The number of hydrogen-bond donors (Lipinski definition) is 1. The number of fused-ring (bicyclic) bond motifs is 1. The van der Waals surface area contributed by atoms with Gasteiger partial charge in [-0.1, -0.05) is 11.3 Å². The van der Waals surface area contributed by atoms with E-state index in [0.29, 0.717) is 79.1 Å². The van der Waals surface area contributed by atoms with E-state index in [0.717, 1.165) is 35.4 Å². The molecule has 1 saturated carbocycles. The van der Waals surface area contributed by atoms with Crippen LogP contribution in [0.3, 0.4) is 0 Å². The first-order valence-corrected chi connectivity index (χ1v) is 15.7. The molecule has 1 aliphatic carbocycles. The number of anilines is 3. The summed E-state index contributed by atoms with van der Waals surface area (Å²) in [5.41, 5.74) is 2.34. The Morgan fingerprint density at radius 2 is 1.86 bits per heavy atom. The summed E-state index contributed by atoms with van der Waals surface area (Å²) in [6.45, 7) is 5.02. The molecule has 0 spiro atoms. The van der Waals surface area contributed by atoms with Gasteiger partial charge < -0.3 is 24.5 Å². The van der Waals surface area contributed by atoms with E-state index in [1.165, 1.54) is 23.5 Å². The Kier molecular flexibility index (Phi) is 7.23. The normalized spacial score (nSPS) is 18.4. The van der Waals surface area contributed by atoms with Crippen LogP contribution in [0.15, 0.2) is 30.3 Å². The Morgan fingerprint density at radius 1 is 1.16 bits per heavy atom. The minimum atomic E-state index is -1.34. The van der Waals surface area contributed by atoms with Crippen molar-refractivity contribution in [3.8, 4) is 17.3 Å². The fraction of sp³-hybridized carbons (Fsp3) is 0.452. The molecule has 44 heavy (non-hydrogen) atoms. The summed E-state index contributed by atoms with van der Waals surface area (Å²) in [6, 6.07) is 10.6. The van der Waals surface area contributed by atoms with Crippen molar-refractivity contribution >= 4 is 44.9 Å². The van der Waals surface area contributed by atoms with Gasteiger partial charge in [0.2, 0.25) is 0 Å². The molecular weight excluding hydrogens is 583 g/mol. The number of aryl methyl sites for hydroxylation is 1. The highest BCUT2D eigenvalue weighted by Crippen LogP contribution is 2.44. The Labute approximate surface area is 258 Å². The summed E-state index contributed by atoms with van der Waals surface area (Å²) in [5.74, 6) is 0.305. The van der Waals surface area contributed by atoms with Gasteiger partial charge in [0.1, 0.15) is 33.9 Å². The summed E-state index contributed by atoms with van der Waals surface area (Å²) >= 11 is 1.29. The monoisotopic (exact) mass is 616 g/mol. The number of nitriles is 1. The summed E-state index contributed by atoms with van der Waals surface area (Å²) in [6.07, 6.45) is 2.70. The number of carbonyl (C=O) groups excluding carboxylic acids is 1. The van der Waals surface area contributed by atoms with Gasteiger partial charge in [-0.2, -0.15) is 10.4 Å². The number of piperazine rings is 1. The van der Waals surface area contributed by atoms with Crippen molar-refractivity contribution in [1.29, 1.82) is 5.26 Å². The van der Waals surface area contributed by atoms with Crippen LogP contribution in [0.5, 0.6) is 0 Å². The van der Waals surface area contributed by atoms with Crippen LogP contribution in [0.1, 0.15) is 42.3 Å². The van der Waals surface area contributed by atoms with Crippen LogP contribution in [-0.2, 0) is 9.53 Å². The topological polar surface area (TPSA) is 124 Å². The minimum absolute atomic E-state index is 0.208. The first kappa shape index (κ1) is 28.6. The van der Waals surface area contributed by atoms with Gasteiger partial charge in [-0.05, 0) is 50.1 Å². The third-order valence-corrected chi connectivity index (χ3v) is 9.82. The number of aromatic nitrogens is 4. The van der Waals surface area contributed by atoms with Crippen molar-refractivity contribution < 1.29 is 19.0 Å². The summed E-state index contributed by atoms with van der Waals surface area (Å²) < 4.78 is 21.0. The number of amides is 1. The highest BCUT2D eigenvalue weighted by Gasteiger charge is 2.41. The van der Waals surface area contributed by atoms with Gasteiger partial charge in [0.25, 0.3) is 5.91 Å². The lowest BCUT2D eigenvalue weighted by Gasteiger charge is -2.41. The molecule has 1 amide bonds. The first-order chi connectivity index (χ1) is 21.3. The van der Waals surface area contributed by atoms with Crippen molar-refractivity contribution in [2.45, 2.75) is 44.2 Å². The molecule has 2 saturated heterocycles. The highest BCUT2D eigenvalue weighted by molar-refractivity contribution is 7.16. The largest absolute Gasteiger partial charge is 0.381 e. The standard InChI is InChI=1S/C31H33FN8O3S/c1-19-24(38-11-13-39(14-12-38)29(41)31(42)9-15-43-16-10-31)17-23-27(34-19)36-40(22-7-8-22)28(23)37(2)30-35-26(25(18-33)44-30)20-3-5-21(32)6-4-20/h3-6,17,22,42H,7-16H2,1-2H3. The van der Waals surface area contributed by atoms with Crippen LogP contribution in [0.4, 0.5) is 21.0 Å². The van der Waals surface area contributed by atoms with E-state index in [-0.39, 0.29) is 17.8 Å². The number of hydrogen-bond acceptors (Lipinski definition) is 10. The Morgan fingerprint density at radius 3 is 2.52 bits per heavy atom. The van der Waals surface area contributed by atoms with E-state index in [4.69, 9.17) is 19.8 Å². The molecule has 3 aliphatic rings. The molecule has 2 aliphatic heterocycles. The van der Waals surface area contributed by atoms with Crippen molar-refractivity contribution in [2.24, 2.45) is 0 Å². The van der Waals surface area contributed by atoms with E-state index in [2.05, 4.69) is 17.0 Å². The number of benzene rings is 1. The summed E-state index contributed by atoms with van der Waals surface area (Å²) in [7, 11) is 1.93. The number of carbonyl (C=O) groups is 1. The van der Waals surface area contributed by atoms with Crippen LogP contribution in [0, 0.1) is 24.1 Å². The number of pyridine rings is 1. The van der Waals surface area contributed by atoms with Crippen LogP contribution in [0.2, 0.25) is 0 Å². The molecule has 1 N–H and O–H groups in total. The summed E-state index contributed by atoms with van der Waals surface area (Å²) in [4.78, 5) is 29.3. The van der Waals surface area contributed by atoms with Crippen molar-refractivity contribution in [1.82, 2.24) is 24.6 Å². The molecule has 228 valence electrons. The number of halogens is 1. The van der Waals surface area contributed by atoms with Crippen molar-refractivity contribution in [3.63, 3.8) is 0 Å². The van der Waals surface area contributed by atoms with Crippen molar-refractivity contribution in [2.75, 3.05) is 56.2 Å². The number of aliphatic hydroxyl groups is 1. The fourth-order valence-corrected chi connectivity index (χ4v) is 6.96. The zero-order valence-corrected chi connectivity index (χ0v) is 25.5. The van der Waals surface area contributed by atoms with Gasteiger partial charge in [0.05, 0.1) is 22.8 Å². The molecule has 1 aromatic carbocycles. The lowest BCUT2D eigenvalue weighted by Crippen LogP contribution is -2.57. The van der Waals surface area contributed by atoms with Crippen LogP contribution < -0.4 is 9.80 Å². The van der Waals surface area contributed by atoms with E-state index in [1.54, 1.807) is 17.0 Å². The third-order valence-electron chi connectivity index (χ3n) is 8.78. The van der Waals surface area contributed by atoms with Crippen LogP contribution in [-0.4, -0.2) is 87.7 Å². The van der Waals surface area contributed by atoms with Gasteiger partial charge in [-0.3, -0.25) is 4.79 Å². The maximum Gasteiger partial charge on any atom is 0.254 e. The average molecular weight is 617 g/mol. The van der Waals surface area contributed by atoms with Gasteiger partial charge in [-0.15, -0.1) is 0 Å². The lowest BCUT2D eigenvalue weighted by molar-refractivity contribution is -0.161. The molecule has 0 unspecified atom stereocenters. The smallest absolute Gasteiger partial charge is 0.254 e. The molecule has 11 nitrogen and oxygen atoms in total. The van der Waals surface area contributed by atoms with Crippen LogP contribution >= 0.6 is 11.3 Å². The Bertz CT molecular complexity index is 1760. The molecule has 4 aromatic rings. The average Bonchev–Trinajstić information content (AvgIpc) is 3.69. The van der Waals surface area contributed by atoms with Crippen LogP contribution in [0.25, 0.3) is 22.3 Å². The van der Waals surface area contributed by atoms with Gasteiger partial charge >= 0.3 is 0 Å². The zero-order valence-electron chi connectivity index (χ0n) is 24.7. The first-order valence-electron chi connectivity index (χ1n) is 14.9. The van der Waals surface area contributed by atoms with E-state index >= 15 is 0 Å². The quantitative estimate of drug-likeness (QED) is 0.340. The minimum Gasteiger partial charge on any atom is -0.381 e. The number of nitrogens with zero attached hydrogens (tertiary/aromatic N) is 8. The molecule has 0 radical (unpaired) electrons. The molecule has 3 aromatic heterocycles. The highest BCUT2D eigenvalue weighted by atomic mass is 32.1. The molecule has 0 atom stereocenters. The lowest BCUT2D eigenvalue weighted by atomic mass is 9.92. The zero-order chi connectivity index (χ0) is 30.6. The van der Waals surface area contributed by atoms with E-state index < -0.39 is 5.60 Å². The molecular formula is C31H33FN8O3S. The Hall–Kier alpha value is -4.12. The second-order valence-electron chi connectivity index (χ2n) is 11.7. The molecule has 5 heterocycles. The molecule has 13 heteroatoms. The second kappa shape index (κ2) is 11.1. The van der Waals surface area contributed by atoms with E-state index in [1.807, 2.05) is 23.6 Å².